The van der Waals surface area contributed by atoms with Crippen LogP contribution < -0.4 is 15.0 Å². The van der Waals surface area contributed by atoms with Gasteiger partial charge in [0.25, 0.3) is 0 Å². The number of carboxylic acid groups (broad SMARTS) is 1. The Bertz CT molecular complexity index is 1840. The van der Waals surface area contributed by atoms with Gasteiger partial charge in [-0.25, -0.2) is 19.6 Å². The Kier molecular flexibility index (Phi) is 11.0. The molecule has 4 aromatic rings. The van der Waals surface area contributed by atoms with Crippen LogP contribution >= 0.6 is 0 Å². The lowest BCUT2D eigenvalue weighted by Gasteiger charge is -2.28. The van der Waals surface area contributed by atoms with Gasteiger partial charge in [-0.1, -0.05) is 30.3 Å². The summed E-state index contributed by atoms with van der Waals surface area (Å²) in [6, 6.07) is 19.4. The van der Waals surface area contributed by atoms with Crippen molar-refractivity contribution in [3.8, 4) is 11.5 Å². The molecule has 0 bridgehead atoms. The van der Waals surface area contributed by atoms with Crippen LogP contribution in [0.3, 0.4) is 0 Å². The van der Waals surface area contributed by atoms with Crippen LogP contribution in [0.4, 0.5) is 15.4 Å². The molecule has 0 unspecified atom stereocenters. The lowest BCUT2D eigenvalue weighted by molar-refractivity contribution is -0.160. The minimum absolute atomic E-state index is 0.0618. The zero-order valence-corrected chi connectivity index (χ0v) is 30.8. The van der Waals surface area contributed by atoms with E-state index >= 15 is 0 Å². The molecular formula is C39H50N6O7. The Morgan fingerprint density at radius 3 is 2.52 bits per heavy atom. The third-order valence-corrected chi connectivity index (χ3v) is 9.39. The first-order valence-electron chi connectivity index (χ1n) is 17.9. The van der Waals surface area contributed by atoms with Gasteiger partial charge in [-0.05, 0) is 96.3 Å². The third-order valence-electron chi connectivity index (χ3n) is 9.39. The topological polar surface area (TPSA) is 141 Å². The second-order valence-electron chi connectivity index (χ2n) is 15.0. The lowest BCUT2D eigenvalue weighted by atomic mass is 10.1. The summed E-state index contributed by atoms with van der Waals surface area (Å²) in [5, 5.41) is 13.8. The summed E-state index contributed by atoms with van der Waals surface area (Å²) in [6.07, 6.45) is 3.75. The van der Waals surface area contributed by atoms with Gasteiger partial charge in [0.15, 0.2) is 11.6 Å². The second-order valence-corrected chi connectivity index (χ2v) is 15.0. The molecule has 52 heavy (non-hydrogen) atoms. The Hall–Kier alpha value is -4.72. The molecule has 0 spiro atoms. The van der Waals surface area contributed by atoms with E-state index in [-0.39, 0.29) is 30.3 Å². The summed E-state index contributed by atoms with van der Waals surface area (Å²) in [6.45, 7) is 12.0. The fourth-order valence-electron chi connectivity index (χ4n) is 7.07. The Balaban J connectivity index is 1.06. The molecule has 1 aliphatic heterocycles. The normalized spacial score (nSPS) is 20.8. The molecule has 2 fully saturated rings. The predicted molar refractivity (Wildman–Crippen MR) is 197 cm³/mol. The summed E-state index contributed by atoms with van der Waals surface area (Å²) in [5.41, 5.74) is 1.12. The molecule has 2 amide bonds. The molecule has 278 valence electrons. The molecule has 0 radical (unpaired) electrons. The molecule has 1 aliphatic carbocycles. The number of hydrogen-bond acceptors (Lipinski definition) is 9. The van der Waals surface area contributed by atoms with Crippen LogP contribution in [-0.4, -0.2) is 93.6 Å². The van der Waals surface area contributed by atoms with Crippen molar-refractivity contribution in [1.82, 2.24) is 24.8 Å². The number of carbonyl (C=O) groups is 2. The average molecular weight is 715 g/mol. The number of hydrogen-bond donors (Lipinski definition) is 2. The largest absolute Gasteiger partial charge is 0.465 e. The van der Waals surface area contributed by atoms with Crippen molar-refractivity contribution in [2.24, 2.45) is 5.92 Å². The fourth-order valence-corrected chi connectivity index (χ4v) is 7.07. The quantitative estimate of drug-likeness (QED) is 0.141. The number of carbonyl (C=O) groups excluding carboxylic acids is 1. The van der Waals surface area contributed by atoms with E-state index < -0.39 is 17.5 Å². The fraction of sp³-hybridized carbons (Fsp3) is 0.487. The number of ether oxygens (including phenoxy) is 4. The Morgan fingerprint density at radius 2 is 1.77 bits per heavy atom. The second kappa shape index (κ2) is 15.5. The number of fused-ring (bicyclic) bond motifs is 2. The highest BCUT2D eigenvalue weighted by molar-refractivity contribution is 5.96. The van der Waals surface area contributed by atoms with Crippen LogP contribution in [-0.2, 0) is 20.6 Å². The number of anilines is 1. The molecule has 2 aromatic carbocycles. The molecule has 13 heteroatoms. The standard InChI is InChI=1S/C39H50N6O7/c1-38(2,3)52-37(48)44(20-16-26-12-10-15-29(22-26)49-28-13-8-7-9-14-28)19-11-18-40-24-27-23-31(33-32(27)50-39(4,5)51-33)45-21-17-30-34(43(6)36(46)47)41-25-42-35(30)45/h7-10,12-15,17,21-22,25,27,31-33,40H,11,16,18-20,23-24H2,1-6H3,(H,46,47)/t27-,31-,32-,33+/m1/s1. The smallest absolute Gasteiger partial charge is 0.412 e. The van der Waals surface area contributed by atoms with Crippen molar-refractivity contribution in [2.75, 3.05) is 38.1 Å². The van der Waals surface area contributed by atoms with Gasteiger partial charge >= 0.3 is 12.2 Å². The van der Waals surface area contributed by atoms with Gasteiger partial charge in [0.1, 0.15) is 35.2 Å². The van der Waals surface area contributed by atoms with Crippen LogP contribution in [0.25, 0.3) is 11.0 Å². The van der Waals surface area contributed by atoms with Crippen molar-refractivity contribution >= 4 is 29.0 Å². The molecule has 1 saturated heterocycles. The highest BCUT2D eigenvalue weighted by Crippen LogP contribution is 2.47. The Morgan fingerprint density at radius 1 is 1.02 bits per heavy atom. The van der Waals surface area contributed by atoms with E-state index in [2.05, 4.69) is 19.9 Å². The van der Waals surface area contributed by atoms with Crippen molar-refractivity contribution in [2.45, 2.75) is 83.5 Å². The number of rotatable bonds is 13. The van der Waals surface area contributed by atoms with Crippen LogP contribution in [0.1, 0.15) is 59.1 Å². The van der Waals surface area contributed by atoms with Crippen molar-refractivity contribution in [1.29, 1.82) is 0 Å². The van der Waals surface area contributed by atoms with Gasteiger partial charge in [0.2, 0.25) is 0 Å². The van der Waals surface area contributed by atoms with Crippen molar-refractivity contribution in [3.63, 3.8) is 0 Å². The van der Waals surface area contributed by atoms with E-state index in [9.17, 15) is 14.7 Å². The molecule has 3 heterocycles. The SMILES string of the molecule is CN(C(=O)O)c1ncnc2c1ccn2[C@@H]1C[C@H](CNCCCN(CCc2cccc(Oc3ccccc3)c2)C(=O)OC(C)(C)C)[C@H]2OC(C)(C)O[C@H]21. The lowest BCUT2D eigenvalue weighted by Crippen LogP contribution is -2.39. The van der Waals surface area contributed by atoms with E-state index in [1.54, 1.807) is 4.90 Å². The van der Waals surface area contributed by atoms with E-state index in [4.69, 9.17) is 18.9 Å². The van der Waals surface area contributed by atoms with E-state index in [0.717, 1.165) is 34.8 Å². The summed E-state index contributed by atoms with van der Waals surface area (Å²) in [4.78, 5) is 36.6. The van der Waals surface area contributed by atoms with E-state index in [0.29, 0.717) is 49.5 Å². The number of aromatic nitrogens is 3. The molecule has 2 N–H and O–H groups in total. The van der Waals surface area contributed by atoms with Crippen LogP contribution in [0, 0.1) is 5.92 Å². The Labute approximate surface area is 304 Å². The molecule has 2 aliphatic rings. The van der Waals surface area contributed by atoms with Gasteiger partial charge in [-0.2, -0.15) is 0 Å². The number of nitrogens with one attached hydrogen (secondary N) is 1. The first kappa shape index (κ1) is 37.1. The summed E-state index contributed by atoms with van der Waals surface area (Å²) >= 11 is 0. The molecule has 4 atom stereocenters. The maximum Gasteiger partial charge on any atom is 0.412 e. The molecule has 2 aromatic heterocycles. The summed E-state index contributed by atoms with van der Waals surface area (Å²) in [7, 11) is 1.47. The van der Waals surface area contributed by atoms with Gasteiger partial charge in [-0.3, -0.25) is 4.90 Å². The first-order valence-corrected chi connectivity index (χ1v) is 17.9. The van der Waals surface area contributed by atoms with Crippen LogP contribution in [0.15, 0.2) is 73.2 Å². The van der Waals surface area contributed by atoms with Gasteiger partial charge in [0, 0.05) is 38.8 Å². The monoisotopic (exact) mass is 714 g/mol. The number of amides is 2. The molecular weight excluding hydrogens is 664 g/mol. The molecule has 1 saturated carbocycles. The third kappa shape index (κ3) is 8.83. The van der Waals surface area contributed by atoms with E-state index in [1.807, 2.05) is 101 Å². The predicted octanol–water partition coefficient (Wildman–Crippen LogP) is 6.88. The molecule has 6 rings (SSSR count). The number of para-hydroxylation sites is 1. The van der Waals surface area contributed by atoms with Gasteiger partial charge in [-0.15, -0.1) is 0 Å². The minimum Gasteiger partial charge on any atom is -0.465 e. The number of benzene rings is 2. The van der Waals surface area contributed by atoms with Crippen molar-refractivity contribution < 1.29 is 33.6 Å². The highest BCUT2D eigenvalue weighted by atomic mass is 16.8. The maximum absolute atomic E-state index is 13.3. The average Bonchev–Trinajstić information content (AvgIpc) is 3.76. The maximum atomic E-state index is 13.3. The molecule has 13 nitrogen and oxygen atoms in total. The van der Waals surface area contributed by atoms with Crippen LogP contribution in [0.2, 0.25) is 0 Å². The first-order chi connectivity index (χ1) is 24.8. The zero-order valence-electron chi connectivity index (χ0n) is 30.8. The van der Waals surface area contributed by atoms with Crippen LogP contribution in [0.5, 0.6) is 11.5 Å². The van der Waals surface area contributed by atoms with Crippen molar-refractivity contribution in [3.05, 3.63) is 78.8 Å². The van der Waals surface area contributed by atoms with Gasteiger partial charge in [0.05, 0.1) is 17.5 Å². The van der Waals surface area contributed by atoms with Gasteiger partial charge < -0.3 is 38.8 Å². The number of nitrogens with zero attached hydrogens (tertiary/aromatic N) is 5. The summed E-state index contributed by atoms with van der Waals surface area (Å²) in [5.74, 6) is 1.28. The summed E-state index contributed by atoms with van der Waals surface area (Å²) < 4.78 is 26.7. The van der Waals surface area contributed by atoms with E-state index in [1.165, 1.54) is 13.4 Å². The minimum atomic E-state index is -1.09. The highest BCUT2D eigenvalue weighted by Gasteiger charge is 2.54. The zero-order chi connectivity index (χ0) is 37.0.